The van der Waals surface area contributed by atoms with E-state index < -0.39 is 23.2 Å². The average Bonchev–Trinajstić information content (AvgIpc) is 2.14. The van der Waals surface area contributed by atoms with Gasteiger partial charge in [-0.3, -0.25) is 4.79 Å². The van der Waals surface area contributed by atoms with Crippen LogP contribution in [0.15, 0.2) is 24.8 Å². The van der Waals surface area contributed by atoms with Gasteiger partial charge >= 0.3 is 0 Å². The van der Waals surface area contributed by atoms with Crippen molar-refractivity contribution in [3.05, 3.63) is 36.4 Å². The van der Waals surface area contributed by atoms with Crippen LogP contribution in [0.1, 0.15) is 0 Å². The van der Waals surface area contributed by atoms with Crippen molar-refractivity contribution < 1.29 is 13.6 Å². The normalized spacial score (nSPS) is 9.57. The fraction of sp³-hybridized carbons (Fsp3) is 0. The van der Waals surface area contributed by atoms with Crippen molar-refractivity contribution in [2.24, 2.45) is 0 Å². The molecule has 0 aliphatic carbocycles. The number of benzene rings is 1. The monoisotopic (exact) mass is 198 g/mol. The Labute approximate surface area is 79.2 Å². The third kappa shape index (κ3) is 2.07. The SMILES string of the molecule is C=CC(=O)Nc1cc(F)c(N)c(F)c1. The molecule has 0 saturated heterocycles. The maximum absolute atomic E-state index is 12.9. The van der Waals surface area contributed by atoms with E-state index in [9.17, 15) is 13.6 Å². The standard InChI is InChI=1S/C9H8F2N2O/c1-2-8(14)13-5-3-6(10)9(12)7(11)4-5/h2-4H,1,12H2,(H,13,14). The van der Waals surface area contributed by atoms with Crippen molar-refractivity contribution in [1.29, 1.82) is 0 Å². The van der Waals surface area contributed by atoms with E-state index in [1.54, 1.807) is 0 Å². The number of carbonyl (C=O) groups excluding carboxylic acids is 1. The van der Waals surface area contributed by atoms with Crippen LogP contribution < -0.4 is 11.1 Å². The van der Waals surface area contributed by atoms with Gasteiger partial charge in [-0.05, 0) is 18.2 Å². The summed E-state index contributed by atoms with van der Waals surface area (Å²) in [4.78, 5) is 10.8. The number of anilines is 2. The van der Waals surface area contributed by atoms with Crippen LogP contribution in [-0.4, -0.2) is 5.91 Å². The van der Waals surface area contributed by atoms with E-state index in [1.165, 1.54) is 0 Å². The molecule has 1 aromatic carbocycles. The van der Waals surface area contributed by atoms with Crippen LogP contribution in [0.2, 0.25) is 0 Å². The lowest BCUT2D eigenvalue weighted by molar-refractivity contribution is -0.111. The predicted octanol–water partition coefficient (Wildman–Crippen LogP) is 1.67. The van der Waals surface area contributed by atoms with Crippen molar-refractivity contribution in [2.75, 3.05) is 11.1 Å². The Morgan fingerprint density at radius 3 is 2.36 bits per heavy atom. The minimum absolute atomic E-state index is 0.000833. The quantitative estimate of drug-likeness (QED) is 0.561. The number of hydrogen-bond donors (Lipinski definition) is 2. The molecule has 0 heterocycles. The van der Waals surface area contributed by atoms with Gasteiger partial charge in [0.15, 0.2) is 11.6 Å². The summed E-state index contributed by atoms with van der Waals surface area (Å²) in [6.45, 7) is 3.19. The number of hydrogen-bond acceptors (Lipinski definition) is 2. The molecule has 3 nitrogen and oxygen atoms in total. The molecule has 0 aliphatic rings. The molecule has 14 heavy (non-hydrogen) atoms. The summed E-state index contributed by atoms with van der Waals surface area (Å²) in [6, 6.07) is 1.86. The third-order valence-electron chi connectivity index (χ3n) is 1.53. The van der Waals surface area contributed by atoms with Gasteiger partial charge in [0.1, 0.15) is 5.69 Å². The summed E-state index contributed by atoms with van der Waals surface area (Å²) in [5.41, 5.74) is 4.46. The van der Waals surface area contributed by atoms with Gasteiger partial charge in [0, 0.05) is 5.69 Å². The van der Waals surface area contributed by atoms with Crippen molar-refractivity contribution in [2.45, 2.75) is 0 Å². The fourth-order valence-corrected chi connectivity index (χ4v) is 0.850. The van der Waals surface area contributed by atoms with E-state index in [2.05, 4.69) is 11.9 Å². The summed E-state index contributed by atoms with van der Waals surface area (Å²) >= 11 is 0. The van der Waals surface area contributed by atoms with E-state index >= 15 is 0 Å². The lowest BCUT2D eigenvalue weighted by Gasteiger charge is -2.04. The molecule has 1 amide bonds. The second-order valence-corrected chi connectivity index (χ2v) is 2.55. The first-order valence-corrected chi connectivity index (χ1v) is 3.72. The maximum atomic E-state index is 12.9. The van der Waals surface area contributed by atoms with Gasteiger partial charge in [-0.15, -0.1) is 0 Å². The average molecular weight is 198 g/mol. The molecule has 1 rings (SSSR count). The zero-order valence-electron chi connectivity index (χ0n) is 7.18. The van der Waals surface area contributed by atoms with Crippen molar-refractivity contribution in [1.82, 2.24) is 0 Å². The minimum Gasteiger partial charge on any atom is -0.394 e. The molecule has 3 N–H and O–H groups in total. The third-order valence-corrected chi connectivity index (χ3v) is 1.53. The van der Waals surface area contributed by atoms with E-state index in [1.807, 2.05) is 0 Å². The summed E-state index contributed by atoms with van der Waals surface area (Å²) in [6.07, 6.45) is 0.992. The van der Waals surface area contributed by atoms with Crippen LogP contribution in [0.3, 0.4) is 0 Å². The van der Waals surface area contributed by atoms with Gasteiger partial charge in [-0.2, -0.15) is 0 Å². The van der Waals surface area contributed by atoms with Gasteiger partial charge in [0.2, 0.25) is 5.91 Å². The Kier molecular flexibility index (Phi) is 2.81. The molecule has 0 atom stereocenters. The fourth-order valence-electron chi connectivity index (χ4n) is 0.850. The van der Waals surface area contributed by atoms with Crippen LogP contribution >= 0.6 is 0 Å². The van der Waals surface area contributed by atoms with Gasteiger partial charge in [0.05, 0.1) is 0 Å². The number of rotatable bonds is 2. The van der Waals surface area contributed by atoms with Crippen molar-refractivity contribution in [3.8, 4) is 0 Å². The van der Waals surface area contributed by atoms with Crippen LogP contribution in [-0.2, 0) is 4.79 Å². The molecule has 0 spiro atoms. The smallest absolute Gasteiger partial charge is 0.247 e. The van der Waals surface area contributed by atoms with Gasteiger partial charge in [-0.25, -0.2) is 8.78 Å². The Morgan fingerprint density at radius 1 is 1.43 bits per heavy atom. The molecule has 1 aromatic rings. The van der Waals surface area contributed by atoms with Crippen LogP contribution in [0, 0.1) is 11.6 Å². The van der Waals surface area contributed by atoms with Crippen LogP contribution in [0.4, 0.5) is 20.2 Å². The van der Waals surface area contributed by atoms with E-state index in [-0.39, 0.29) is 5.69 Å². The van der Waals surface area contributed by atoms with Crippen molar-refractivity contribution in [3.63, 3.8) is 0 Å². The Morgan fingerprint density at radius 2 is 1.93 bits per heavy atom. The lowest BCUT2D eigenvalue weighted by atomic mass is 10.2. The number of nitrogens with one attached hydrogen (secondary N) is 1. The maximum Gasteiger partial charge on any atom is 0.247 e. The highest BCUT2D eigenvalue weighted by Crippen LogP contribution is 2.20. The molecule has 0 aromatic heterocycles. The summed E-state index contributed by atoms with van der Waals surface area (Å²) < 4.78 is 25.7. The second kappa shape index (κ2) is 3.87. The summed E-state index contributed by atoms with van der Waals surface area (Å²) in [5, 5.41) is 2.21. The van der Waals surface area contributed by atoms with Crippen LogP contribution in [0.5, 0.6) is 0 Å². The number of halogens is 2. The van der Waals surface area contributed by atoms with E-state index in [0.717, 1.165) is 18.2 Å². The predicted molar refractivity (Wildman–Crippen MR) is 49.6 cm³/mol. The summed E-state index contributed by atoms with van der Waals surface area (Å²) in [7, 11) is 0. The Balaban J connectivity index is 3.01. The highest BCUT2D eigenvalue weighted by molar-refractivity contribution is 5.98. The molecule has 0 unspecified atom stereocenters. The Hall–Kier alpha value is -1.91. The second-order valence-electron chi connectivity index (χ2n) is 2.55. The molecule has 0 radical (unpaired) electrons. The van der Waals surface area contributed by atoms with E-state index in [4.69, 9.17) is 5.73 Å². The zero-order valence-corrected chi connectivity index (χ0v) is 7.18. The molecule has 0 fully saturated rings. The molecule has 74 valence electrons. The summed E-state index contributed by atoms with van der Waals surface area (Å²) in [5.74, 6) is -2.37. The zero-order chi connectivity index (χ0) is 10.7. The van der Waals surface area contributed by atoms with Crippen LogP contribution in [0.25, 0.3) is 0 Å². The molecule has 5 heteroatoms. The number of nitrogens with two attached hydrogens (primary N) is 1. The first kappa shape index (κ1) is 10.2. The number of carbonyl (C=O) groups is 1. The Bertz CT molecular complexity index is 367. The van der Waals surface area contributed by atoms with Gasteiger partial charge < -0.3 is 11.1 Å². The van der Waals surface area contributed by atoms with Crippen molar-refractivity contribution >= 4 is 17.3 Å². The number of amides is 1. The number of nitrogen functional groups attached to an aromatic ring is 1. The van der Waals surface area contributed by atoms with Gasteiger partial charge in [-0.1, -0.05) is 6.58 Å². The molecular weight excluding hydrogens is 190 g/mol. The topological polar surface area (TPSA) is 55.1 Å². The highest BCUT2D eigenvalue weighted by Gasteiger charge is 2.08. The molecule has 0 aliphatic heterocycles. The molecule has 0 bridgehead atoms. The van der Waals surface area contributed by atoms with Gasteiger partial charge in [0.25, 0.3) is 0 Å². The van der Waals surface area contributed by atoms with E-state index in [0.29, 0.717) is 0 Å². The first-order chi connectivity index (χ1) is 6.54. The highest BCUT2D eigenvalue weighted by atomic mass is 19.1. The first-order valence-electron chi connectivity index (χ1n) is 3.72. The lowest BCUT2D eigenvalue weighted by Crippen LogP contribution is -2.08. The molecular formula is C9H8F2N2O. The minimum atomic E-state index is -0.913. The largest absolute Gasteiger partial charge is 0.394 e. The molecule has 0 saturated carbocycles.